The zero-order valence-corrected chi connectivity index (χ0v) is 21.8. The van der Waals surface area contributed by atoms with Crippen LogP contribution < -0.4 is 25.0 Å². The van der Waals surface area contributed by atoms with Gasteiger partial charge in [-0.25, -0.2) is 9.37 Å². The molecule has 13 heteroatoms. The maximum atomic E-state index is 15.1. The van der Waals surface area contributed by atoms with Crippen molar-refractivity contribution in [2.45, 2.75) is 18.9 Å². The maximum Gasteiger partial charge on any atom is 0.264 e. The number of ether oxygens (including phenoxy) is 2. The first-order valence-electron chi connectivity index (χ1n) is 12.6. The van der Waals surface area contributed by atoms with Crippen LogP contribution in [0, 0.1) is 5.82 Å². The molecule has 41 heavy (non-hydrogen) atoms. The molecule has 1 fully saturated rings. The number of pyridine rings is 1. The van der Waals surface area contributed by atoms with Crippen LogP contribution in [0.3, 0.4) is 0 Å². The number of hydrogen-bond acceptors (Lipinski definition) is 9. The molecule has 2 N–H and O–H groups in total. The maximum absolute atomic E-state index is 15.1. The standard InChI is InChI=1S/C28H22FN5O7/c1-33-20-10-18(15(8-21(20)41-12-24(33)36)14-9-23(40-2)30-11-16(14)29)31-17-5-3-4-13-25(17)28(39)34(27(13)38)19-6-7-22(35)32-26(19)37/h3-5,8-11,19,31H,6-7,12H2,1-2H3,(H,32,35,37)/t19-/m0/s1. The number of amides is 5. The predicted molar refractivity (Wildman–Crippen MR) is 141 cm³/mol. The average Bonchev–Trinajstić information content (AvgIpc) is 3.21. The molecule has 0 saturated carbocycles. The summed E-state index contributed by atoms with van der Waals surface area (Å²) in [6, 6.07) is 7.99. The van der Waals surface area contributed by atoms with Crippen molar-refractivity contribution >= 4 is 46.6 Å². The molecule has 1 saturated heterocycles. The van der Waals surface area contributed by atoms with E-state index in [1.165, 1.54) is 24.1 Å². The van der Waals surface area contributed by atoms with E-state index < -0.39 is 35.5 Å². The minimum atomic E-state index is -1.14. The van der Waals surface area contributed by atoms with Gasteiger partial charge in [0.05, 0.1) is 35.8 Å². The van der Waals surface area contributed by atoms with Gasteiger partial charge in [0, 0.05) is 36.3 Å². The van der Waals surface area contributed by atoms with E-state index in [0.717, 1.165) is 11.1 Å². The Morgan fingerprint density at radius 3 is 2.61 bits per heavy atom. The Balaban J connectivity index is 1.46. The molecule has 0 bridgehead atoms. The number of aromatic nitrogens is 1. The first kappa shape index (κ1) is 25.9. The zero-order chi connectivity index (χ0) is 29.0. The van der Waals surface area contributed by atoms with Gasteiger partial charge in [0.25, 0.3) is 17.7 Å². The predicted octanol–water partition coefficient (Wildman–Crippen LogP) is 2.40. The van der Waals surface area contributed by atoms with Crippen LogP contribution in [0.4, 0.5) is 21.5 Å². The van der Waals surface area contributed by atoms with Crippen molar-refractivity contribution in [1.82, 2.24) is 15.2 Å². The molecule has 4 heterocycles. The summed E-state index contributed by atoms with van der Waals surface area (Å²) < 4.78 is 25.9. The van der Waals surface area contributed by atoms with Gasteiger partial charge in [-0.2, -0.15) is 0 Å². The van der Waals surface area contributed by atoms with E-state index in [-0.39, 0.29) is 59.3 Å². The fraction of sp³-hybridized carbons (Fsp3) is 0.214. The molecule has 0 unspecified atom stereocenters. The third kappa shape index (κ3) is 4.22. The lowest BCUT2D eigenvalue weighted by atomic mass is 10.0. The zero-order valence-electron chi connectivity index (χ0n) is 21.8. The van der Waals surface area contributed by atoms with Crippen LogP contribution in [0.25, 0.3) is 11.1 Å². The highest BCUT2D eigenvalue weighted by molar-refractivity contribution is 6.25. The van der Waals surface area contributed by atoms with Crippen LogP contribution in [0.15, 0.2) is 42.6 Å². The number of methoxy groups -OCH3 is 1. The molecule has 208 valence electrons. The fourth-order valence-corrected chi connectivity index (χ4v) is 5.14. The third-order valence-electron chi connectivity index (χ3n) is 7.25. The minimum Gasteiger partial charge on any atom is -0.482 e. The van der Waals surface area contributed by atoms with E-state index in [9.17, 15) is 24.0 Å². The van der Waals surface area contributed by atoms with E-state index in [2.05, 4.69) is 15.6 Å². The van der Waals surface area contributed by atoms with Gasteiger partial charge >= 0.3 is 0 Å². The highest BCUT2D eigenvalue weighted by atomic mass is 19.1. The first-order valence-corrected chi connectivity index (χ1v) is 12.6. The molecule has 12 nitrogen and oxygen atoms in total. The number of nitrogens with zero attached hydrogens (tertiary/aromatic N) is 3. The SMILES string of the molecule is COc1cc(-c2cc3c(cc2Nc2cccc4c2C(=O)N([C@H]2CCC(=O)NC2=O)C4=O)N(C)C(=O)CO3)c(F)cn1. The normalized spacial score (nSPS) is 18.1. The van der Waals surface area contributed by atoms with Gasteiger partial charge in [0.2, 0.25) is 17.7 Å². The number of rotatable bonds is 5. The van der Waals surface area contributed by atoms with E-state index in [1.807, 2.05) is 0 Å². The van der Waals surface area contributed by atoms with Crippen molar-refractivity contribution in [3.05, 3.63) is 59.5 Å². The number of carbonyl (C=O) groups excluding carboxylic acids is 5. The number of nitrogens with one attached hydrogen (secondary N) is 2. The molecule has 1 aromatic heterocycles. The van der Waals surface area contributed by atoms with E-state index >= 15 is 4.39 Å². The fourth-order valence-electron chi connectivity index (χ4n) is 5.14. The molecule has 6 rings (SSSR count). The molecule has 0 aliphatic carbocycles. The highest BCUT2D eigenvalue weighted by Crippen LogP contribution is 2.44. The van der Waals surface area contributed by atoms with Gasteiger partial charge in [0.1, 0.15) is 17.6 Å². The van der Waals surface area contributed by atoms with E-state index in [1.54, 1.807) is 31.3 Å². The monoisotopic (exact) mass is 559 g/mol. The Morgan fingerprint density at radius 1 is 1.05 bits per heavy atom. The number of anilines is 3. The van der Waals surface area contributed by atoms with E-state index in [0.29, 0.717) is 17.0 Å². The topological polar surface area (TPSA) is 147 Å². The van der Waals surface area contributed by atoms with Crippen molar-refractivity contribution in [3.8, 4) is 22.8 Å². The molecule has 2 aromatic carbocycles. The molecular weight excluding hydrogens is 537 g/mol. The van der Waals surface area contributed by atoms with Gasteiger partial charge in [0.15, 0.2) is 6.61 Å². The van der Waals surface area contributed by atoms with Gasteiger partial charge in [-0.15, -0.1) is 0 Å². The van der Waals surface area contributed by atoms with Crippen molar-refractivity contribution < 1.29 is 37.8 Å². The summed E-state index contributed by atoms with van der Waals surface area (Å²) in [4.78, 5) is 69.5. The summed E-state index contributed by atoms with van der Waals surface area (Å²) in [5, 5.41) is 5.31. The number of fused-ring (bicyclic) bond motifs is 2. The lowest BCUT2D eigenvalue weighted by Crippen LogP contribution is -2.54. The second-order valence-electron chi connectivity index (χ2n) is 9.61. The number of likely N-dealkylation sites (N-methyl/N-ethyl adjacent to an activating group) is 1. The average molecular weight is 560 g/mol. The second kappa shape index (κ2) is 9.70. The summed E-state index contributed by atoms with van der Waals surface area (Å²) in [7, 11) is 2.97. The number of benzene rings is 2. The first-order chi connectivity index (χ1) is 19.7. The molecular formula is C28H22FN5O7. The summed E-state index contributed by atoms with van der Waals surface area (Å²) >= 11 is 0. The largest absolute Gasteiger partial charge is 0.482 e. The summed E-state index contributed by atoms with van der Waals surface area (Å²) in [5.74, 6) is -3.06. The Hall–Kier alpha value is -5.33. The molecule has 0 radical (unpaired) electrons. The summed E-state index contributed by atoms with van der Waals surface area (Å²) in [6.07, 6.45) is 1.01. The Bertz CT molecular complexity index is 1690. The number of carbonyl (C=O) groups is 5. The van der Waals surface area contributed by atoms with Crippen LogP contribution in [-0.4, -0.2) is 66.2 Å². The van der Waals surface area contributed by atoms with Gasteiger partial charge < -0.3 is 19.7 Å². The van der Waals surface area contributed by atoms with Crippen molar-refractivity contribution in [3.63, 3.8) is 0 Å². The lowest BCUT2D eigenvalue weighted by molar-refractivity contribution is -0.136. The van der Waals surface area contributed by atoms with Gasteiger partial charge in [-0.3, -0.25) is 34.2 Å². The third-order valence-corrected chi connectivity index (χ3v) is 7.25. The Kier molecular flexibility index (Phi) is 6.13. The highest BCUT2D eigenvalue weighted by Gasteiger charge is 2.45. The van der Waals surface area contributed by atoms with Crippen molar-refractivity contribution in [1.29, 1.82) is 0 Å². The number of hydrogen-bond donors (Lipinski definition) is 2. The number of piperidine rings is 1. The molecule has 1 atom stereocenters. The minimum absolute atomic E-state index is 0.0112. The smallest absolute Gasteiger partial charge is 0.264 e. The van der Waals surface area contributed by atoms with Crippen molar-refractivity contribution in [2.24, 2.45) is 0 Å². The van der Waals surface area contributed by atoms with Crippen LogP contribution in [0.5, 0.6) is 11.6 Å². The van der Waals surface area contributed by atoms with Gasteiger partial charge in [-0.05, 0) is 30.7 Å². The second-order valence-corrected chi connectivity index (χ2v) is 9.61. The Labute approximate surface area is 232 Å². The van der Waals surface area contributed by atoms with Crippen LogP contribution in [0.1, 0.15) is 33.6 Å². The van der Waals surface area contributed by atoms with Gasteiger partial charge in [-0.1, -0.05) is 6.07 Å². The Morgan fingerprint density at radius 2 is 1.85 bits per heavy atom. The lowest BCUT2D eigenvalue weighted by Gasteiger charge is -2.28. The van der Waals surface area contributed by atoms with E-state index in [4.69, 9.17) is 9.47 Å². The van der Waals surface area contributed by atoms with Crippen LogP contribution in [0.2, 0.25) is 0 Å². The molecule has 3 aliphatic heterocycles. The molecule has 0 spiro atoms. The number of imide groups is 2. The van der Waals surface area contributed by atoms with Crippen LogP contribution in [-0.2, 0) is 14.4 Å². The van der Waals surface area contributed by atoms with Crippen molar-refractivity contribution in [2.75, 3.05) is 31.0 Å². The molecule has 3 aromatic rings. The molecule has 3 aliphatic rings. The summed E-state index contributed by atoms with van der Waals surface area (Å²) in [5.41, 5.74) is 1.38. The summed E-state index contributed by atoms with van der Waals surface area (Å²) in [6.45, 7) is -0.198. The van der Waals surface area contributed by atoms with Crippen LogP contribution >= 0.6 is 0 Å². The number of halogens is 1. The quantitative estimate of drug-likeness (QED) is 0.450. The molecule has 5 amide bonds.